The van der Waals surface area contributed by atoms with Gasteiger partial charge in [0.2, 0.25) is 0 Å². The summed E-state index contributed by atoms with van der Waals surface area (Å²) >= 11 is 0. The van der Waals surface area contributed by atoms with Crippen LogP contribution in [0.4, 0.5) is 0 Å². The predicted molar refractivity (Wildman–Crippen MR) is 68.3 cm³/mol. The normalized spacial score (nSPS) is 20.0. The van der Waals surface area contributed by atoms with Crippen molar-refractivity contribution in [3.63, 3.8) is 0 Å². The van der Waals surface area contributed by atoms with Crippen LogP contribution in [-0.4, -0.2) is 12.3 Å². The van der Waals surface area contributed by atoms with Crippen LogP contribution in [0.1, 0.15) is 65.2 Å². The fourth-order valence-corrected chi connectivity index (χ4v) is 2.76. The van der Waals surface area contributed by atoms with Gasteiger partial charge in [-0.3, -0.25) is 4.79 Å². The molecule has 0 aromatic carbocycles. The van der Waals surface area contributed by atoms with E-state index in [1.165, 1.54) is 19.3 Å². The summed E-state index contributed by atoms with van der Waals surface area (Å²) in [5.74, 6) is 1.14. The van der Waals surface area contributed by atoms with Gasteiger partial charge in [0.05, 0.1) is 0 Å². The zero-order valence-corrected chi connectivity index (χ0v) is 10.9. The summed E-state index contributed by atoms with van der Waals surface area (Å²) in [4.78, 5) is 12.3. The number of carbonyl (C=O) groups is 1. The molecule has 0 aromatic rings. The Balaban J connectivity index is 2.42. The third kappa shape index (κ3) is 3.58. The molecule has 0 aromatic heterocycles. The van der Waals surface area contributed by atoms with E-state index < -0.39 is 0 Å². The van der Waals surface area contributed by atoms with Crippen LogP contribution in [0, 0.1) is 11.3 Å². The van der Waals surface area contributed by atoms with Crippen molar-refractivity contribution in [3.8, 4) is 0 Å². The second kappa shape index (κ2) is 6.39. The zero-order valence-electron chi connectivity index (χ0n) is 10.9. The van der Waals surface area contributed by atoms with Crippen LogP contribution in [-0.2, 0) is 4.79 Å². The van der Waals surface area contributed by atoms with Crippen LogP contribution in [0.3, 0.4) is 0 Å². The first-order chi connectivity index (χ1) is 7.60. The number of ketones is 1. The second-order valence-corrected chi connectivity index (χ2v) is 5.75. The molecule has 0 unspecified atom stereocenters. The molecule has 0 bridgehead atoms. The molecule has 1 fully saturated rings. The minimum atomic E-state index is -0.144. The van der Waals surface area contributed by atoms with Gasteiger partial charge in [-0.15, -0.1) is 0 Å². The van der Waals surface area contributed by atoms with Crippen molar-refractivity contribution >= 4 is 5.78 Å². The highest BCUT2D eigenvalue weighted by Crippen LogP contribution is 2.37. The molecule has 2 nitrogen and oxygen atoms in total. The summed E-state index contributed by atoms with van der Waals surface area (Å²) in [5.41, 5.74) is 5.71. The number of nitrogens with two attached hydrogens (primary N) is 1. The van der Waals surface area contributed by atoms with Gasteiger partial charge in [0.1, 0.15) is 5.78 Å². The monoisotopic (exact) mass is 225 g/mol. The van der Waals surface area contributed by atoms with Crippen molar-refractivity contribution in [2.75, 3.05) is 6.54 Å². The van der Waals surface area contributed by atoms with E-state index in [-0.39, 0.29) is 5.41 Å². The molecular formula is C14H27NO. The highest BCUT2D eigenvalue weighted by molar-refractivity contribution is 5.85. The first-order valence-corrected chi connectivity index (χ1v) is 6.84. The Kier molecular flexibility index (Phi) is 5.47. The van der Waals surface area contributed by atoms with Gasteiger partial charge in [0, 0.05) is 18.4 Å². The summed E-state index contributed by atoms with van der Waals surface area (Å²) in [7, 11) is 0. The van der Waals surface area contributed by atoms with Crippen LogP contribution in [0.2, 0.25) is 0 Å². The molecule has 1 saturated carbocycles. The van der Waals surface area contributed by atoms with Crippen molar-refractivity contribution in [2.45, 2.75) is 65.2 Å². The molecule has 0 saturated heterocycles. The van der Waals surface area contributed by atoms with E-state index in [0.29, 0.717) is 18.2 Å². The second-order valence-electron chi connectivity index (χ2n) is 5.75. The Labute approximate surface area is 100.0 Å². The van der Waals surface area contributed by atoms with Gasteiger partial charge in [-0.05, 0) is 25.2 Å². The number of hydrogen-bond donors (Lipinski definition) is 1. The van der Waals surface area contributed by atoms with Crippen LogP contribution < -0.4 is 5.73 Å². The van der Waals surface area contributed by atoms with Gasteiger partial charge in [-0.25, -0.2) is 0 Å². The Hall–Kier alpha value is -0.370. The highest BCUT2D eigenvalue weighted by atomic mass is 16.1. The summed E-state index contributed by atoms with van der Waals surface area (Å²) in [6.45, 7) is 4.99. The van der Waals surface area contributed by atoms with Gasteiger partial charge in [0.15, 0.2) is 0 Å². The van der Waals surface area contributed by atoms with Crippen molar-refractivity contribution in [1.29, 1.82) is 0 Å². The smallest absolute Gasteiger partial charge is 0.140 e. The Morgan fingerprint density at radius 2 is 1.88 bits per heavy atom. The molecule has 0 spiro atoms. The molecule has 1 aliphatic rings. The maximum atomic E-state index is 12.3. The summed E-state index contributed by atoms with van der Waals surface area (Å²) < 4.78 is 0. The van der Waals surface area contributed by atoms with E-state index >= 15 is 0 Å². The van der Waals surface area contributed by atoms with Crippen molar-refractivity contribution in [2.24, 2.45) is 17.1 Å². The molecule has 0 aliphatic heterocycles. The van der Waals surface area contributed by atoms with E-state index in [1.807, 2.05) is 0 Å². The lowest BCUT2D eigenvalue weighted by Gasteiger charge is -2.34. The molecule has 0 amide bonds. The largest absolute Gasteiger partial charge is 0.329 e. The number of hydrogen-bond acceptors (Lipinski definition) is 2. The molecule has 0 radical (unpaired) electrons. The molecule has 2 N–H and O–H groups in total. The Morgan fingerprint density at radius 3 is 2.38 bits per heavy atom. The molecule has 0 atom stereocenters. The minimum Gasteiger partial charge on any atom is -0.329 e. The van der Waals surface area contributed by atoms with Gasteiger partial charge in [-0.1, -0.05) is 39.5 Å². The van der Waals surface area contributed by atoms with E-state index in [4.69, 9.17) is 5.73 Å². The van der Waals surface area contributed by atoms with Crippen LogP contribution in [0.25, 0.3) is 0 Å². The lowest BCUT2D eigenvalue weighted by atomic mass is 9.70. The molecule has 94 valence electrons. The zero-order chi connectivity index (χ0) is 12.0. The average molecular weight is 225 g/mol. The molecule has 0 heterocycles. The van der Waals surface area contributed by atoms with E-state index in [9.17, 15) is 4.79 Å². The van der Waals surface area contributed by atoms with Gasteiger partial charge in [-0.2, -0.15) is 0 Å². The van der Waals surface area contributed by atoms with Crippen LogP contribution >= 0.6 is 0 Å². The summed E-state index contributed by atoms with van der Waals surface area (Å²) in [6.07, 6.45) is 8.66. The van der Waals surface area contributed by atoms with E-state index in [2.05, 4.69) is 13.8 Å². The maximum Gasteiger partial charge on any atom is 0.140 e. The third-order valence-electron chi connectivity index (χ3n) is 3.98. The maximum absolute atomic E-state index is 12.3. The Morgan fingerprint density at radius 1 is 1.25 bits per heavy atom. The Bertz CT molecular complexity index is 217. The van der Waals surface area contributed by atoms with Gasteiger partial charge in [0.25, 0.3) is 0 Å². The fraction of sp³-hybridized carbons (Fsp3) is 0.929. The van der Waals surface area contributed by atoms with Crippen molar-refractivity contribution in [1.82, 2.24) is 0 Å². The number of Topliss-reactive ketones (excluding diaryl/α,β-unsaturated/α-hetero) is 1. The lowest BCUT2D eigenvalue weighted by Crippen LogP contribution is -2.40. The minimum absolute atomic E-state index is 0.144. The molecule has 1 rings (SSSR count). The lowest BCUT2D eigenvalue weighted by molar-refractivity contribution is -0.130. The third-order valence-corrected chi connectivity index (χ3v) is 3.98. The number of rotatable bonds is 6. The van der Waals surface area contributed by atoms with Crippen LogP contribution in [0.15, 0.2) is 0 Å². The van der Waals surface area contributed by atoms with Crippen LogP contribution in [0.5, 0.6) is 0 Å². The van der Waals surface area contributed by atoms with E-state index in [0.717, 1.165) is 32.1 Å². The van der Waals surface area contributed by atoms with Gasteiger partial charge < -0.3 is 5.73 Å². The van der Waals surface area contributed by atoms with E-state index in [1.54, 1.807) is 0 Å². The van der Waals surface area contributed by atoms with Gasteiger partial charge >= 0.3 is 0 Å². The topological polar surface area (TPSA) is 43.1 Å². The average Bonchev–Trinajstić information content (AvgIpc) is 2.29. The van der Waals surface area contributed by atoms with Crippen molar-refractivity contribution in [3.05, 3.63) is 0 Å². The first-order valence-electron chi connectivity index (χ1n) is 6.84. The molecule has 16 heavy (non-hydrogen) atoms. The fourth-order valence-electron chi connectivity index (χ4n) is 2.76. The quantitative estimate of drug-likeness (QED) is 0.753. The first kappa shape index (κ1) is 13.7. The molecule has 1 aliphatic carbocycles. The van der Waals surface area contributed by atoms with Crippen molar-refractivity contribution < 1.29 is 4.79 Å². The SMILES string of the molecule is CC(C)CCCC(=O)C1(CN)CCCCC1. The highest BCUT2D eigenvalue weighted by Gasteiger charge is 2.36. The summed E-state index contributed by atoms with van der Waals surface area (Å²) in [5, 5.41) is 0. The number of carbonyl (C=O) groups excluding carboxylic acids is 1. The molecular weight excluding hydrogens is 198 g/mol. The summed E-state index contributed by atoms with van der Waals surface area (Å²) in [6, 6.07) is 0. The molecule has 2 heteroatoms. The predicted octanol–water partition coefficient (Wildman–Crippen LogP) is 3.29. The standard InChI is InChI=1S/C14H27NO/c1-12(2)7-6-8-13(16)14(11-15)9-4-3-5-10-14/h12H,3-11,15H2,1-2H3.